The maximum atomic E-state index is 13.3. The molecule has 2 saturated carbocycles. The van der Waals surface area contributed by atoms with E-state index in [0.29, 0.717) is 32.2 Å². The van der Waals surface area contributed by atoms with Gasteiger partial charge >= 0.3 is 5.97 Å². The minimum Gasteiger partial charge on any atom is -0.466 e. The number of esters is 1. The SMILES string of the molecule is CCOC(=O)[C@H]1C[C@@H]1CN(C[C@@H]1COC(C)(C)O1)C(=O)[C@@H]1C[C@H]1c1ccccc1. The third-order valence-electron chi connectivity index (χ3n) is 6.11. The van der Waals surface area contributed by atoms with Crippen LogP contribution in [0.4, 0.5) is 0 Å². The van der Waals surface area contributed by atoms with Crippen molar-refractivity contribution in [1.82, 2.24) is 4.90 Å². The van der Waals surface area contributed by atoms with Crippen molar-refractivity contribution in [2.75, 3.05) is 26.3 Å². The maximum absolute atomic E-state index is 13.3. The molecule has 1 aromatic carbocycles. The van der Waals surface area contributed by atoms with Crippen molar-refractivity contribution >= 4 is 11.9 Å². The van der Waals surface area contributed by atoms with Gasteiger partial charge in [0.05, 0.1) is 19.1 Å². The minimum absolute atomic E-state index is 0.0209. The fraction of sp³-hybridized carbons (Fsp3) is 0.652. The van der Waals surface area contributed by atoms with E-state index in [2.05, 4.69) is 12.1 Å². The van der Waals surface area contributed by atoms with E-state index in [4.69, 9.17) is 14.2 Å². The predicted octanol–water partition coefficient (Wildman–Crippen LogP) is 2.97. The molecule has 4 rings (SSSR count). The van der Waals surface area contributed by atoms with Crippen LogP contribution in [0.15, 0.2) is 30.3 Å². The van der Waals surface area contributed by atoms with Gasteiger partial charge in [0.25, 0.3) is 0 Å². The second-order valence-electron chi connectivity index (χ2n) is 8.91. The van der Waals surface area contributed by atoms with E-state index < -0.39 is 5.79 Å². The van der Waals surface area contributed by atoms with Crippen LogP contribution in [0.5, 0.6) is 0 Å². The molecule has 2 aliphatic carbocycles. The number of carbonyl (C=O) groups is 2. The highest BCUT2D eigenvalue weighted by molar-refractivity contribution is 5.83. The van der Waals surface area contributed by atoms with Crippen LogP contribution in [-0.2, 0) is 23.8 Å². The minimum atomic E-state index is -0.613. The lowest BCUT2D eigenvalue weighted by atomic mass is 10.1. The molecule has 1 aromatic rings. The Kier molecular flexibility index (Phi) is 5.67. The molecule has 0 spiro atoms. The zero-order chi connectivity index (χ0) is 20.6. The van der Waals surface area contributed by atoms with Crippen molar-refractivity contribution in [2.24, 2.45) is 17.8 Å². The van der Waals surface area contributed by atoms with Crippen molar-refractivity contribution in [1.29, 1.82) is 0 Å². The molecule has 1 amide bonds. The molecule has 1 aliphatic heterocycles. The Labute approximate surface area is 172 Å². The van der Waals surface area contributed by atoms with Gasteiger partial charge in [0.1, 0.15) is 6.10 Å². The number of carbonyl (C=O) groups excluding carboxylic acids is 2. The van der Waals surface area contributed by atoms with Gasteiger partial charge in [0.15, 0.2) is 5.79 Å². The van der Waals surface area contributed by atoms with Crippen LogP contribution >= 0.6 is 0 Å². The number of rotatable bonds is 8. The molecule has 0 bridgehead atoms. The lowest BCUT2D eigenvalue weighted by molar-refractivity contribution is -0.148. The lowest BCUT2D eigenvalue weighted by Gasteiger charge is -2.26. The van der Waals surface area contributed by atoms with Crippen molar-refractivity contribution in [3.8, 4) is 0 Å². The topological polar surface area (TPSA) is 65.1 Å². The lowest BCUT2D eigenvalue weighted by Crippen LogP contribution is -2.41. The molecule has 0 unspecified atom stereocenters. The zero-order valence-electron chi connectivity index (χ0n) is 17.5. The summed E-state index contributed by atoms with van der Waals surface area (Å²) in [6.07, 6.45) is 1.55. The molecule has 3 fully saturated rings. The molecule has 158 valence electrons. The van der Waals surface area contributed by atoms with Gasteiger partial charge in [-0.2, -0.15) is 0 Å². The molecular weight excluding hydrogens is 370 g/mol. The summed E-state index contributed by atoms with van der Waals surface area (Å²) >= 11 is 0. The Morgan fingerprint density at radius 1 is 1.14 bits per heavy atom. The van der Waals surface area contributed by atoms with E-state index in [0.717, 1.165) is 12.8 Å². The van der Waals surface area contributed by atoms with Crippen LogP contribution in [0.3, 0.4) is 0 Å². The van der Waals surface area contributed by atoms with Crippen LogP contribution in [0.1, 0.15) is 45.1 Å². The molecule has 1 heterocycles. The van der Waals surface area contributed by atoms with Crippen molar-refractivity contribution in [2.45, 2.75) is 51.4 Å². The van der Waals surface area contributed by atoms with E-state index >= 15 is 0 Å². The van der Waals surface area contributed by atoms with Crippen molar-refractivity contribution in [3.05, 3.63) is 35.9 Å². The molecule has 6 nitrogen and oxygen atoms in total. The Balaban J connectivity index is 1.40. The first-order chi connectivity index (χ1) is 13.9. The highest BCUT2D eigenvalue weighted by atomic mass is 16.7. The van der Waals surface area contributed by atoms with Gasteiger partial charge in [0, 0.05) is 19.0 Å². The van der Waals surface area contributed by atoms with E-state index in [1.54, 1.807) is 0 Å². The highest BCUT2D eigenvalue weighted by Crippen LogP contribution is 2.49. The van der Waals surface area contributed by atoms with Gasteiger partial charge in [-0.15, -0.1) is 0 Å². The summed E-state index contributed by atoms with van der Waals surface area (Å²) in [4.78, 5) is 27.2. The van der Waals surface area contributed by atoms with E-state index in [-0.39, 0.29) is 35.7 Å². The number of nitrogens with zero attached hydrogens (tertiary/aromatic N) is 1. The number of benzene rings is 1. The number of amides is 1. The van der Waals surface area contributed by atoms with E-state index in [1.807, 2.05) is 43.9 Å². The number of hydrogen-bond acceptors (Lipinski definition) is 5. The smallest absolute Gasteiger partial charge is 0.309 e. The first kappa shape index (κ1) is 20.4. The van der Waals surface area contributed by atoms with E-state index in [9.17, 15) is 9.59 Å². The third-order valence-corrected chi connectivity index (χ3v) is 6.11. The molecule has 29 heavy (non-hydrogen) atoms. The number of ether oxygens (including phenoxy) is 3. The molecule has 1 saturated heterocycles. The van der Waals surface area contributed by atoms with Gasteiger partial charge in [-0.05, 0) is 51.0 Å². The van der Waals surface area contributed by atoms with Gasteiger partial charge in [0.2, 0.25) is 5.91 Å². The molecular formula is C23H31NO5. The Bertz CT molecular complexity index is 749. The highest BCUT2D eigenvalue weighted by Gasteiger charge is 2.50. The second-order valence-corrected chi connectivity index (χ2v) is 8.91. The van der Waals surface area contributed by atoms with Crippen LogP contribution in [-0.4, -0.2) is 55.0 Å². The summed E-state index contributed by atoms with van der Waals surface area (Å²) in [5, 5.41) is 0. The summed E-state index contributed by atoms with van der Waals surface area (Å²) in [7, 11) is 0. The summed E-state index contributed by atoms with van der Waals surface area (Å²) < 4.78 is 16.8. The summed E-state index contributed by atoms with van der Waals surface area (Å²) in [5.74, 6) is -0.162. The quantitative estimate of drug-likeness (QED) is 0.627. The fourth-order valence-corrected chi connectivity index (χ4v) is 4.39. The summed E-state index contributed by atoms with van der Waals surface area (Å²) in [5.41, 5.74) is 1.23. The average Bonchev–Trinajstić information content (AvgIpc) is 3.60. The molecule has 0 radical (unpaired) electrons. The van der Waals surface area contributed by atoms with Gasteiger partial charge in [-0.25, -0.2) is 0 Å². The fourth-order valence-electron chi connectivity index (χ4n) is 4.39. The first-order valence-corrected chi connectivity index (χ1v) is 10.7. The largest absolute Gasteiger partial charge is 0.466 e. The molecule has 5 atom stereocenters. The van der Waals surface area contributed by atoms with Crippen LogP contribution < -0.4 is 0 Å². The average molecular weight is 402 g/mol. The van der Waals surface area contributed by atoms with Gasteiger partial charge < -0.3 is 19.1 Å². The maximum Gasteiger partial charge on any atom is 0.309 e. The van der Waals surface area contributed by atoms with Crippen LogP contribution in [0, 0.1) is 17.8 Å². The van der Waals surface area contributed by atoms with Gasteiger partial charge in [-0.1, -0.05) is 30.3 Å². The molecule has 6 heteroatoms. The standard InChI is InChI=1S/C23H31NO5/c1-4-27-22(26)19-10-16(19)12-24(13-17-14-28-23(2,3)29-17)21(25)20-11-18(20)15-8-6-5-7-9-15/h5-9,16-20H,4,10-14H2,1-3H3/t16-,17-,18+,19+,20-/m1/s1. The van der Waals surface area contributed by atoms with Crippen molar-refractivity contribution in [3.63, 3.8) is 0 Å². The third kappa shape index (κ3) is 4.81. The van der Waals surface area contributed by atoms with Crippen LogP contribution in [0.2, 0.25) is 0 Å². The zero-order valence-corrected chi connectivity index (χ0v) is 17.5. The van der Waals surface area contributed by atoms with Crippen LogP contribution in [0.25, 0.3) is 0 Å². The van der Waals surface area contributed by atoms with E-state index in [1.165, 1.54) is 5.56 Å². The Morgan fingerprint density at radius 2 is 1.90 bits per heavy atom. The Hall–Kier alpha value is -1.92. The monoisotopic (exact) mass is 401 g/mol. The van der Waals surface area contributed by atoms with Gasteiger partial charge in [-0.3, -0.25) is 9.59 Å². The molecule has 3 aliphatic rings. The molecule has 0 N–H and O–H groups in total. The van der Waals surface area contributed by atoms with Crippen molar-refractivity contribution < 1.29 is 23.8 Å². The first-order valence-electron chi connectivity index (χ1n) is 10.7. The number of hydrogen-bond donors (Lipinski definition) is 0. The second kappa shape index (κ2) is 8.07. The molecule has 0 aromatic heterocycles. The summed E-state index contributed by atoms with van der Waals surface area (Å²) in [6, 6.07) is 10.2. The predicted molar refractivity (Wildman–Crippen MR) is 107 cm³/mol. The normalized spacial score (nSPS) is 31.9. The Morgan fingerprint density at radius 3 is 2.55 bits per heavy atom. The summed E-state index contributed by atoms with van der Waals surface area (Å²) in [6.45, 7) is 7.57.